The van der Waals surface area contributed by atoms with E-state index in [9.17, 15) is 4.79 Å². The van der Waals surface area contributed by atoms with Gasteiger partial charge in [-0.3, -0.25) is 0 Å². The lowest BCUT2D eigenvalue weighted by atomic mass is 10.2. The second kappa shape index (κ2) is 4.97. The molecule has 0 amide bonds. The Kier molecular flexibility index (Phi) is 3.01. The second-order valence-corrected chi connectivity index (χ2v) is 4.19. The molecule has 1 N–H and O–H groups in total. The summed E-state index contributed by atoms with van der Waals surface area (Å²) in [5.74, 6) is -0.716. The maximum atomic E-state index is 11.2. The van der Waals surface area contributed by atoms with E-state index in [1.807, 2.05) is 36.4 Å². The standard InChI is InChI=1S/C15H11N3O2/c19-15(20)12-7-4-9-16-14(12)18-10-8-13(17-18)11-5-2-1-3-6-11/h1-10H,(H,19,20). The monoisotopic (exact) mass is 265 g/mol. The molecule has 0 atom stereocenters. The molecule has 5 heteroatoms. The zero-order valence-electron chi connectivity index (χ0n) is 10.5. The Morgan fingerprint density at radius 3 is 2.60 bits per heavy atom. The van der Waals surface area contributed by atoms with Crippen LogP contribution < -0.4 is 0 Å². The highest BCUT2D eigenvalue weighted by Gasteiger charge is 2.13. The minimum absolute atomic E-state index is 0.121. The van der Waals surface area contributed by atoms with Gasteiger partial charge in [-0.05, 0) is 18.2 Å². The van der Waals surface area contributed by atoms with E-state index >= 15 is 0 Å². The fourth-order valence-corrected chi connectivity index (χ4v) is 1.95. The van der Waals surface area contributed by atoms with Crippen molar-refractivity contribution >= 4 is 5.97 Å². The molecule has 3 rings (SSSR count). The van der Waals surface area contributed by atoms with Crippen molar-refractivity contribution in [2.24, 2.45) is 0 Å². The molecule has 98 valence electrons. The van der Waals surface area contributed by atoms with E-state index < -0.39 is 5.97 Å². The van der Waals surface area contributed by atoms with Gasteiger partial charge in [0, 0.05) is 18.0 Å². The average molecular weight is 265 g/mol. The lowest BCUT2D eigenvalue weighted by Crippen LogP contribution is -2.07. The molecule has 2 aromatic heterocycles. The third-order valence-electron chi connectivity index (χ3n) is 2.89. The fraction of sp³-hybridized carbons (Fsp3) is 0. The summed E-state index contributed by atoms with van der Waals surface area (Å²) < 4.78 is 1.48. The van der Waals surface area contributed by atoms with Crippen LogP contribution in [0.25, 0.3) is 17.1 Å². The third-order valence-corrected chi connectivity index (χ3v) is 2.89. The molecule has 0 bridgehead atoms. The number of benzene rings is 1. The van der Waals surface area contributed by atoms with E-state index in [-0.39, 0.29) is 5.56 Å². The maximum absolute atomic E-state index is 11.2. The molecule has 0 saturated carbocycles. The molecule has 0 aliphatic heterocycles. The number of carbonyl (C=O) groups is 1. The number of hydrogen-bond acceptors (Lipinski definition) is 3. The van der Waals surface area contributed by atoms with Gasteiger partial charge in [-0.2, -0.15) is 5.10 Å². The van der Waals surface area contributed by atoms with Crippen molar-refractivity contribution in [3.63, 3.8) is 0 Å². The molecule has 20 heavy (non-hydrogen) atoms. The van der Waals surface area contributed by atoms with Crippen LogP contribution in [0.2, 0.25) is 0 Å². The van der Waals surface area contributed by atoms with Gasteiger partial charge >= 0.3 is 5.97 Å². The lowest BCUT2D eigenvalue weighted by molar-refractivity contribution is 0.0696. The number of carboxylic acids is 1. The zero-order chi connectivity index (χ0) is 13.9. The van der Waals surface area contributed by atoms with Crippen LogP contribution in [0.4, 0.5) is 0 Å². The predicted molar refractivity (Wildman–Crippen MR) is 73.8 cm³/mol. The van der Waals surface area contributed by atoms with Crippen molar-refractivity contribution in [3.8, 4) is 17.1 Å². The molecule has 0 unspecified atom stereocenters. The van der Waals surface area contributed by atoms with Crippen molar-refractivity contribution in [2.45, 2.75) is 0 Å². The first-order valence-electron chi connectivity index (χ1n) is 6.05. The SMILES string of the molecule is O=C(O)c1cccnc1-n1ccc(-c2ccccc2)n1. The summed E-state index contributed by atoms with van der Waals surface area (Å²) in [6.07, 6.45) is 3.25. The normalized spacial score (nSPS) is 10.4. The smallest absolute Gasteiger partial charge is 0.339 e. The first-order chi connectivity index (χ1) is 9.75. The van der Waals surface area contributed by atoms with Crippen LogP contribution in [0.3, 0.4) is 0 Å². The van der Waals surface area contributed by atoms with Gasteiger partial charge in [0.1, 0.15) is 5.56 Å². The van der Waals surface area contributed by atoms with Crippen molar-refractivity contribution in [1.29, 1.82) is 0 Å². The summed E-state index contributed by atoms with van der Waals surface area (Å²) in [5.41, 5.74) is 1.86. The molecule has 3 aromatic rings. The van der Waals surface area contributed by atoms with Gasteiger partial charge in [-0.25, -0.2) is 14.5 Å². The zero-order valence-corrected chi connectivity index (χ0v) is 10.5. The fourth-order valence-electron chi connectivity index (χ4n) is 1.95. The van der Waals surface area contributed by atoms with Crippen molar-refractivity contribution in [2.75, 3.05) is 0 Å². The minimum atomic E-state index is -1.02. The average Bonchev–Trinajstić information content (AvgIpc) is 2.98. The molecule has 2 heterocycles. The van der Waals surface area contributed by atoms with Gasteiger partial charge in [0.2, 0.25) is 0 Å². The van der Waals surface area contributed by atoms with E-state index in [2.05, 4.69) is 10.1 Å². The minimum Gasteiger partial charge on any atom is -0.478 e. The highest BCUT2D eigenvalue weighted by Crippen LogP contribution is 2.18. The van der Waals surface area contributed by atoms with Crippen LogP contribution in [0.1, 0.15) is 10.4 Å². The second-order valence-electron chi connectivity index (χ2n) is 4.19. The van der Waals surface area contributed by atoms with E-state index in [1.165, 1.54) is 10.7 Å². The molecule has 0 aliphatic rings. The van der Waals surface area contributed by atoms with E-state index in [0.29, 0.717) is 5.82 Å². The van der Waals surface area contributed by atoms with E-state index in [0.717, 1.165) is 11.3 Å². The molecular formula is C15H11N3O2. The first-order valence-corrected chi connectivity index (χ1v) is 6.05. The summed E-state index contributed by atoms with van der Waals surface area (Å²) in [6, 6.07) is 14.6. The Hall–Kier alpha value is -2.95. The van der Waals surface area contributed by atoms with Gasteiger partial charge in [-0.1, -0.05) is 30.3 Å². The Labute approximate surface area is 115 Å². The number of pyridine rings is 1. The summed E-state index contributed by atoms with van der Waals surface area (Å²) >= 11 is 0. The van der Waals surface area contributed by atoms with Gasteiger partial charge in [0.05, 0.1) is 5.69 Å². The Bertz CT molecular complexity index is 751. The maximum Gasteiger partial charge on any atom is 0.339 e. The predicted octanol–water partition coefficient (Wildman–Crippen LogP) is 2.63. The molecule has 0 spiro atoms. The van der Waals surface area contributed by atoms with Gasteiger partial charge in [0.25, 0.3) is 0 Å². The Balaban J connectivity index is 2.05. The van der Waals surface area contributed by atoms with E-state index in [1.54, 1.807) is 18.5 Å². The number of aromatic nitrogens is 3. The molecule has 0 radical (unpaired) electrons. The molecule has 0 saturated heterocycles. The number of nitrogens with zero attached hydrogens (tertiary/aromatic N) is 3. The highest BCUT2D eigenvalue weighted by atomic mass is 16.4. The summed E-state index contributed by atoms with van der Waals surface area (Å²) in [7, 11) is 0. The lowest BCUT2D eigenvalue weighted by Gasteiger charge is -2.04. The van der Waals surface area contributed by atoms with Gasteiger partial charge < -0.3 is 5.11 Å². The first kappa shape index (κ1) is 12.1. The van der Waals surface area contributed by atoms with Crippen molar-refractivity contribution < 1.29 is 9.90 Å². The molecule has 5 nitrogen and oxygen atoms in total. The van der Waals surface area contributed by atoms with Crippen molar-refractivity contribution in [3.05, 3.63) is 66.5 Å². The Morgan fingerprint density at radius 1 is 1.05 bits per heavy atom. The van der Waals surface area contributed by atoms with Crippen LogP contribution in [0.15, 0.2) is 60.9 Å². The van der Waals surface area contributed by atoms with Crippen molar-refractivity contribution in [1.82, 2.24) is 14.8 Å². The molecule has 0 aliphatic carbocycles. The largest absolute Gasteiger partial charge is 0.478 e. The number of aromatic carboxylic acids is 1. The van der Waals surface area contributed by atoms with Crippen LogP contribution in [0, 0.1) is 0 Å². The number of carboxylic acid groups (broad SMARTS) is 1. The topological polar surface area (TPSA) is 68.0 Å². The number of hydrogen-bond donors (Lipinski definition) is 1. The Morgan fingerprint density at radius 2 is 1.85 bits per heavy atom. The van der Waals surface area contributed by atoms with Gasteiger partial charge in [-0.15, -0.1) is 0 Å². The van der Waals surface area contributed by atoms with Crippen LogP contribution in [-0.2, 0) is 0 Å². The molecule has 0 fully saturated rings. The highest BCUT2D eigenvalue weighted by molar-refractivity contribution is 5.91. The quantitative estimate of drug-likeness (QED) is 0.790. The summed E-state index contributed by atoms with van der Waals surface area (Å²) in [4.78, 5) is 15.3. The van der Waals surface area contributed by atoms with E-state index in [4.69, 9.17) is 5.11 Å². The summed E-state index contributed by atoms with van der Waals surface area (Å²) in [5, 5.41) is 13.6. The summed E-state index contributed by atoms with van der Waals surface area (Å²) in [6.45, 7) is 0. The van der Waals surface area contributed by atoms with Crippen LogP contribution in [0.5, 0.6) is 0 Å². The molecule has 1 aromatic carbocycles. The van der Waals surface area contributed by atoms with Crippen LogP contribution >= 0.6 is 0 Å². The third kappa shape index (κ3) is 2.16. The van der Waals surface area contributed by atoms with Crippen LogP contribution in [-0.4, -0.2) is 25.8 Å². The van der Waals surface area contributed by atoms with Gasteiger partial charge in [0.15, 0.2) is 5.82 Å². The molecular weight excluding hydrogens is 254 g/mol. The number of rotatable bonds is 3.